The molecule has 0 aliphatic carbocycles. The number of hydrogen-bond acceptors (Lipinski definition) is 6. The third kappa shape index (κ3) is 5.63. The number of aromatic nitrogens is 2. The first-order valence-electron chi connectivity index (χ1n) is 6.42. The van der Waals surface area contributed by atoms with Crippen molar-refractivity contribution >= 4 is 46.7 Å². The van der Waals surface area contributed by atoms with E-state index < -0.39 is 11.9 Å². The Morgan fingerprint density at radius 1 is 0.833 bits per heavy atom. The minimum absolute atomic E-state index is 0.0503. The van der Waals surface area contributed by atoms with Crippen LogP contribution >= 0.6 is 34.8 Å². The van der Waals surface area contributed by atoms with Crippen molar-refractivity contribution in [1.82, 2.24) is 9.97 Å². The van der Waals surface area contributed by atoms with E-state index in [2.05, 4.69) is 19.4 Å². The fourth-order valence-electron chi connectivity index (χ4n) is 1.46. The van der Waals surface area contributed by atoms with Gasteiger partial charge in [-0.25, -0.2) is 19.6 Å². The molecule has 128 valence electrons. The lowest BCUT2D eigenvalue weighted by molar-refractivity contribution is 0.0591. The smallest absolute Gasteiger partial charge is 0.341 e. The molecule has 2 aromatic rings. The van der Waals surface area contributed by atoms with Crippen LogP contribution < -0.4 is 0 Å². The standard InChI is InChI=1S/C8H8ClNO2.C7H5Cl2NO2/c1-5-3-4-6(7(9)10-5)8(11)12-2;1-12-7(11)4-2-3-5(8)10-6(4)9/h3-4H,1-2H3;2-3H,1H3. The maximum atomic E-state index is 11.0. The Bertz CT molecular complexity index is 690. The molecule has 2 rings (SSSR count). The Hall–Kier alpha value is -1.89. The number of nitrogens with zero attached hydrogens (tertiary/aromatic N) is 2. The Balaban J connectivity index is 0.000000240. The van der Waals surface area contributed by atoms with E-state index in [9.17, 15) is 9.59 Å². The van der Waals surface area contributed by atoms with Gasteiger partial charge in [0.2, 0.25) is 0 Å². The van der Waals surface area contributed by atoms with Crippen molar-refractivity contribution in [2.45, 2.75) is 6.92 Å². The molecule has 0 bridgehead atoms. The summed E-state index contributed by atoms with van der Waals surface area (Å²) in [6.45, 7) is 1.80. The molecule has 0 fully saturated rings. The molecule has 0 atom stereocenters. The zero-order valence-corrected chi connectivity index (χ0v) is 15.2. The molecular formula is C15H13Cl3N2O4. The van der Waals surface area contributed by atoms with Crippen molar-refractivity contribution in [1.29, 1.82) is 0 Å². The molecule has 0 unspecified atom stereocenters. The molecule has 0 aromatic carbocycles. The molecule has 0 N–H and O–H groups in total. The average molecular weight is 392 g/mol. The summed E-state index contributed by atoms with van der Waals surface area (Å²) in [5.41, 5.74) is 1.28. The van der Waals surface area contributed by atoms with Crippen LogP contribution in [0.3, 0.4) is 0 Å². The summed E-state index contributed by atoms with van der Waals surface area (Å²) in [6, 6.07) is 6.23. The molecule has 0 aliphatic rings. The van der Waals surface area contributed by atoms with E-state index in [0.29, 0.717) is 5.56 Å². The van der Waals surface area contributed by atoms with Crippen LogP contribution in [-0.2, 0) is 9.47 Å². The number of esters is 2. The third-order valence-electron chi connectivity index (χ3n) is 2.61. The Labute approximate surface area is 153 Å². The quantitative estimate of drug-likeness (QED) is 0.568. The van der Waals surface area contributed by atoms with Gasteiger partial charge in [-0.1, -0.05) is 34.8 Å². The molecule has 9 heteroatoms. The number of carbonyl (C=O) groups excluding carboxylic acids is 2. The summed E-state index contributed by atoms with van der Waals surface area (Å²) in [4.78, 5) is 29.5. The Morgan fingerprint density at radius 3 is 1.71 bits per heavy atom. The fraction of sp³-hybridized carbons (Fsp3) is 0.200. The first kappa shape index (κ1) is 20.2. The van der Waals surface area contributed by atoms with Gasteiger partial charge in [0.1, 0.15) is 15.5 Å². The van der Waals surface area contributed by atoms with E-state index in [1.807, 2.05) is 0 Å². The molecule has 0 saturated carbocycles. The summed E-state index contributed by atoms with van der Waals surface area (Å²) in [5, 5.41) is 0.476. The van der Waals surface area contributed by atoms with Gasteiger partial charge < -0.3 is 9.47 Å². The van der Waals surface area contributed by atoms with Gasteiger partial charge in [-0.3, -0.25) is 0 Å². The average Bonchev–Trinajstić information content (AvgIpc) is 2.54. The van der Waals surface area contributed by atoms with Gasteiger partial charge in [-0.2, -0.15) is 0 Å². The molecule has 0 radical (unpaired) electrons. The maximum absolute atomic E-state index is 11.0. The van der Waals surface area contributed by atoms with Gasteiger partial charge in [0.05, 0.1) is 25.3 Å². The highest BCUT2D eigenvalue weighted by atomic mass is 35.5. The highest BCUT2D eigenvalue weighted by Crippen LogP contribution is 2.17. The number of carbonyl (C=O) groups is 2. The van der Waals surface area contributed by atoms with Crippen molar-refractivity contribution < 1.29 is 19.1 Å². The molecule has 0 spiro atoms. The summed E-state index contributed by atoms with van der Waals surface area (Å²) >= 11 is 16.8. The summed E-state index contributed by atoms with van der Waals surface area (Å²) in [6.07, 6.45) is 0. The van der Waals surface area contributed by atoms with Gasteiger partial charge in [0.15, 0.2) is 0 Å². The largest absolute Gasteiger partial charge is 0.465 e. The molecule has 2 aromatic heterocycles. The molecular weight excluding hydrogens is 379 g/mol. The van der Waals surface area contributed by atoms with Crippen LogP contribution in [0, 0.1) is 6.92 Å². The minimum Gasteiger partial charge on any atom is -0.465 e. The zero-order chi connectivity index (χ0) is 18.3. The van der Waals surface area contributed by atoms with Crippen molar-refractivity contribution in [2.24, 2.45) is 0 Å². The number of pyridine rings is 2. The van der Waals surface area contributed by atoms with Crippen LogP contribution in [0.25, 0.3) is 0 Å². The SMILES string of the molecule is COC(=O)c1ccc(C)nc1Cl.COC(=O)c1ccc(Cl)nc1Cl. The molecule has 0 aliphatic heterocycles. The molecule has 24 heavy (non-hydrogen) atoms. The third-order valence-corrected chi connectivity index (χ3v) is 3.40. The second-order valence-corrected chi connectivity index (χ2v) is 5.35. The predicted molar refractivity (Wildman–Crippen MR) is 90.9 cm³/mol. The summed E-state index contributed by atoms with van der Waals surface area (Å²) < 4.78 is 8.94. The Kier molecular flexibility index (Phi) is 7.91. The number of hydrogen-bond donors (Lipinski definition) is 0. The molecule has 6 nitrogen and oxygen atoms in total. The monoisotopic (exact) mass is 390 g/mol. The topological polar surface area (TPSA) is 78.4 Å². The zero-order valence-electron chi connectivity index (χ0n) is 13.0. The van der Waals surface area contributed by atoms with Crippen LogP contribution in [0.4, 0.5) is 0 Å². The van der Waals surface area contributed by atoms with E-state index in [0.717, 1.165) is 5.69 Å². The van der Waals surface area contributed by atoms with E-state index in [4.69, 9.17) is 34.8 Å². The fourth-order valence-corrected chi connectivity index (χ4v) is 2.16. The summed E-state index contributed by atoms with van der Waals surface area (Å²) in [5.74, 6) is -0.989. The van der Waals surface area contributed by atoms with Gasteiger partial charge in [-0.05, 0) is 31.2 Å². The number of halogens is 3. The van der Waals surface area contributed by atoms with Crippen molar-refractivity contribution in [3.05, 3.63) is 56.5 Å². The van der Waals surface area contributed by atoms with E-state index in [-0.39, 0.29) is 21.0 Å². The molecule has 2 heterocycles. The number of rotatable bonds is 2. The lowest BCUT2D eigenvalue weighted by atomic mass is 10.2. The van der Waals surface area contributed by atoms with Crippen molar-refractivity contribution in [3.63, 3.8) is 0 Å². The van der Waals surface area contributed by atoms with Gasteiger partial charge in [0.25, 0.3) is 0 Å². The van der Waals surface area contributed by atoms with Crippen LogP contribution in [-0.4, -0.2) is 36.1 Å². The summed E-state index contributed by atoms with van der Waals surface area (Å²) in [7, 11) is 2.58. The Morgan fingerprint density at radius 2 is 1.29 bits per heavy atom. The second-order valence-electron chi connectivity index (χ2n) is 4.25. The van der Waals surface area contributed by atoms with Crippen molar-refractivity contribution in [2.75, 3.05) is 14.2 Å². The minimum atomic E-state index is -0.524. The van der Waals surface area contributed by atoms with Gasteiger partial charge >= 0.3 is 11.9 Å². The van der Waals surface area contributed by atoms with Crippen LogP contribution in [0.1, 0.15) is 26.4 Å². The number of methoxy groups -OCH3 is 2. The first-order chi connectivity index (χ1) is 11.3. The normalized spacial score (nSPS) is 9.58. The lowest BCUT2D eigenvalue weighted by Crippen LogP contribution is -2.03. The van der Waals surface area contributed by atoms with E-state index in [1.165, 1.54) is 26.4 Å². The number of aryl methyl sites for hydroxylation is 1. The highest BCUT2D eigenvalue weighted by Gasteiger charge is 2.11. The first-order valence-corrected chi connectivity index (χ1v) is 7.55. The maximum Gasteiger partial charge on any atom is 0.341 e. The highest BCUT2D eigenvalue weighted by molar-refractivity contribution is 6.34. The second kappa shape index (κ2) is 9.42. The lowest BCUT2D eigenvalue weighted by Gasteiger charge is -2.00. The number of ether oxygens (including phenoxy) is 2. The molecule has 0 saturated heterocycles. The predicted octanol–water partition coefficient (Wildman–Crippen LogP) is 4.01. The molecule has 0 amide bonds. The van der Waals surface area contributed by atoms with Gasteiger partial charge in [-0.15, -0.1) is 0 Å². The van der Waals surface area contributed by atoms with E-state index >= 15 is 0 Å². The van der Waals surface area contributed by atoms with Crippen LogP contribution in [0.2, 0.25) is 15.5 Å². The van der Waals surface area contributed by atoms with Gasteiger partial charge in [0, 0.05) is 5.69 Å². The van der Waals surface area contributed by atoms with E-state index in [1.54, 1.807) is 19.1 Å². The van der Waals surface area contributed by atoms with Crippen LogP contribution in [0.5, 0.6) is 0 Å². The van der Waals surface area contributed by atoms with Crippen molar-refractivity contribution in [3.8, 4) is 0 Å². The van der Waals surface area contributed by atoms with Crippen LogP contribution in [0.15, 0.2) is 24.3 Å².